The van der Waals surface area contributed by atoms with Gasteiger partial charge in [0.05, 0.1) is 5.02 Å². The highest BCUT2D eigenvalue weighted by Gasteiger charge is 2.15. The molecule has 3 nitrogen and oxygen atoms in total. The maximum atomic E-state index is 8.70. The van der Waals surface area contributed by atoms with Gasteiger partial charge in [-0.05, 0) is 24.7 Å². The van der Waals surface area contributed by atoms with Crippen molar-refractivity contribution in [2.45, 2.75) is 24.2 Å². The number of halogens is 1. The van der Waals surface area contributed by atoms with Gasteiger partial charge in [0, 0.05) is 17.6 Å². The lowest BCUT2D eigenvalue weighted by atomic mass is 10.3. The molecule has 0 atom stereocenters. The molecule has 5 heteroatoms. The lowest BCUT2D eigenvalue weighted by Crippen LogP contribution is -2.15. The van der Waals surface area contributed by atoms with Crippen molar-refractivity contribution in [2.75, 3.05) is 25.6 Å². The molecule has 0 radical (unpaired) electrons. The largest absolute Gasteiger partial charge is 0.486 e. The summed E-state index contributed by atoms with van der Waals surface area (Å²) in [5, 5.41) is 9.42. The van der Waals surface area contributed by atoms with Crippen molar-refractivity contribution < 1.29 is 14.6 Å². The second kappa shape index (κ2) is 7.12. The SMILES string of the molecule is OCCCCCSc1cc2c(cc1Cl)OCCO2. The molecule has 1 aliphatic rings. The molecule has 0 saturated carbocycles. The summed E-state index contributed by atoms with van der Waals surface area (Å²) in [7, 11) is 0. The van der Waals surface area contributed by atoms with Crippen LogP contribution in [0.3, 0.4) is 0 Å². The molecule has 2 rings (SSSR count). The Balaban J connectivity index is 1.91. The van der Waals surface area contributed by atoms with E-state index in [1.165, 1.54) is 0 Å². The fraction of sp³-hybridized carbons (Fsp3) is 0.538. The molecular weight excluding hydrogens is 272 g/mol. The molecule has 0 amide bonds. The van der Waals surface area contributed by atoms with Gasteiger partial charge < -0.3 is 14.6 Å². The number of aliphatic hydroxyl groups excluding tert-OH is 1. The molecule has 18 heavy (non-hydrogen) atoms. The predicted molar refractivity (Wildman–Crippen MR) is 74.1 cm³/mol. The summed E-state index contributed by atoms with van der Waals surface area (Å²) in [5.74, 6) is 2.51. The molecule has 0 aliphatic carbocycles. The van der Waals surface area contributed by atoms with E-state index in [4.69, 9.17) is 26.2 Å². The van der Waals surface area contributed by atoms with Gasteiger partial charge in [-0.3, -0.25) is 0 Å². The molecule has 0 unspecified atom stereocenters. The van der Waals surface area contributed by atoms with Crippen molar-refractivity contribution >= 4 is 23.4 Å². The van der Waals surface area contributed by atoms with E-state index in [2.05, 4.69) is 0 Å². The Morgan fingerprint density at radius 1 is 1.11 bits per heavy atom. The molecule has 0 aromatic heterocycles. The highest BCUT2D eigenvalue weighted by molar-refractivity contribution is 7.99. The molecule has 1 aliphatic heterocycles. The standard InChI is InChI=1S/C13H17ClO3S/c14-10-8-11-12(17-6-5-16-11)9-13(10)18-7-3-1-2-4-15/h8-9,15H,1-7H2. The first-order valence-electron chi connectivity index (χ1n) is 6.14. The minimum atomic E-state index is 0.273. The zero-order valence-corrected chi connectivity index (χ0v) is 11.7. The average Bonchev–Trinajstić information content (AvgIpc) is 2.39. The van der Waals surface area contributed by atoms with Gasteiger partial charge in [-0.15, -0.1) is 11.8 Å². The number of rotatable bonds is 6. The van der Waals surface area contributed by atoms with Crippen molar-refractivity contribution in [2.24, 2.45) is 0 Å². The molecule has 1 heterocycles. The highest BCUT2D eigenvalue weighted by atomic mass is 35.5. The number of hydrogen-bond acceptors (Lipinski definition) is 4. The van der Waals surface area contributed by atoms with Crippen molar-refractivity contribution in [1.82, 2.24) is 0 Å². The van der Waals surface area contributed by atoms with Gasteiger partial charge in [-0.25, -0.2) is 0 Å². The third-order valence-electron chi connectivity index (χ3n) is 2.66. The first-order chi connectivity index (χ1) is 8.81. The van der Waals surface area contributed by atoms with Crippen LogP contribution < -0.4 is 9.47 Å². The molecule has 0 fully saturated rings. The van der Waals surface area contributed by atoms with Gasteiger partial charge in [0.2, 0.25) is 0 Å². The van der Waals surface area contributed by atoms with Crippen molar-refractivity contribution in [3.8, 4) is 11.5 Å². The summed E-state index contributed by atoms with van der Waals surface area (Å²) < 4.78 is 11.0. The number of aliphatic hydroxyl groups is 1. The molecule has 1 N–H and O–H groups in total. The predicted octanol–water partition coefficient (Wildman–Crippen LogP) is 3.37. The van der Waals surface area contributed by atoms with E-state index in [1.807, 2.05) is 12.1 Å². The molecule has 1 aromatic carbocycles. The molecule has 0 bridgehead atoms. The van der Waals surface area contributed by atoms with Crippen LogP contribution in [-0.4, -0.2) is 30.7 Å². The maximum Gasteiger partial charge on any atom is 0.162 e. The number of fused-ring (bicyclic) bond motifs is 1. The third kappa shape index (κ3) is 3.70. The molecule has 100 valence electrons. The van der Waals surface area contributed by atoms with E-state index in [0.29, 0.717) is 18.2 Å². The first-order valence-corrected chi connectivity index (χ1v) is 7.50. The fourth-order valence-electron chi connectivity index (χ4n) is 1.73. The Bertz CT molecular complexity index is 398. The first kappa shape index (κ1) is 13.8. The van der Waals surface area contributed by atoms with Gasteiger partial charge in [-0.2, -0.15) is 0 Å². The van der Waals surface area contributed by atoms with Crippen LogP contribution in [0.15, 0.2) is 17.0 Å². The van der Waals surface area contributed by atoms with E-state index in [1.54, 1.807) is 11.8 Å². The van der Waals surface area contributed by atoms with Gasteiger partial charge >= 0.3 is 0 Å². The Morgan fingerprint density at radius 2 is 1.83 bits per heavy atom. The number of unbranched alkanes of at least 4 members (excludes halogenated alkanes) is 2. The van der Waals surface area contributed by atoms with E-state index >= 15 is 0 Å². The Hall–Kier alpha value is -0.580. The zero-order valence-electron chi connectivity index (χ0n) is 10.2. The van der Waals surface area contributed by atoms with Gasteiger partial charge in [0.15, 0.2) is 11.5 Å². The van der Waals surface area contributed by atoms with Gasteiger partial charge in [0.1, 0.15) is 13.2 Å². The minimum Gasteiger partial charge on any atom is -0.486 e. The van der Waals surface area contributed by atoms with Crippen LogP contribution >= 0.6 is 23.4 Å². The topological polar surface area (TPSA) is 38.7 Å². The summed E-state index contributed by atoms with van der Waals surface area (Å²) in [5.41, 5.74) is 0. The smallest absolute Gasteiger partial charge is 0.162 e. The molecular formula is C13H17ClO3S. The summed E-state index contributed by atoms with van der Waals surface area (Å²) in [6, 6.07) is 3.78. The molecule has 0 saturated heterocycles. The summed E-state index contributed by atoms with van der Waals surface area (Å²) >= 11 is 7.93. The van der Waals surface area contributed by atoms with Crippen LogP contribution in [0.5, 0.6) is 11.5 Å². The Kier molecular flexibility index (Phi) is 5.47. The van der Waals surface area contributed by atoms with Crippen LogP contribution in [0.2, 0.25) is 5.02 Å². The summed E-state index contributed by atoms with van der Waals surface area (Å²) in [4.78, 5) is 1.03. The van der Waals surface area contributed by atoms with Crippen molar-refractivity contribution in [3.63, 3.8) is 0 Å². The number of ether oxygens (including phenoxy) is 2. The van der Waals surface area contributed by atoms with Gasteiger partial charge in [0.25, 0.3) is 0 Å². The van der Waals surface area contributed by atoms with Crippen LogP contribution in [0.1, 0.15) is 19.3 Å². The van der Waals surface area contributed by atoms with Gasteiger partial charge in [-0.1, -0.05) is 18.0 Å². The number of thioether (sulfide) groups is 1. The van der Waals surface area contributed by atoms with Crippen LogP contribution in [0.4, 0.5) is 0 Å². The summed E-state index contributed by atoms with van der Waals surface area (Å²) in [6.07, 6.45) is 3.00. The molecule has 0 spiro atoms. The Labute approximate surface area is 116 Å². The number of benzene rings is 1. The minimum absolute atomic E-state index is 0.273. The summed E-state index contributed by atoms with van der Waals surface area (Å²) in [6.45, 7) is 1.45. The van der Waals surface area contributed by atoms with Crippen molar-refractivity contribution in [3.05, 3.63) is 17.2 Å². The monoisotopic (exact) mass is 288 g/mol. The lowest BCUT2D eigenvalue weighted by Gasteiger charge is -2.19. The lowest BCUT2D eigenvalue weighted by molar-refractivity contribution is 0.171. The van der Waals surface area contributed by atoms with Crippen LogP contribution in [0, 0.1) is 0 Å². The second-order valence-electron chi connectivity index (χ2n) is 4.06. The van der Waals surface area contributed by atoms with Crippen molar-refractivity contribution in [1.29, 1.82) is 0 Å². The quantitative estimate of drug-likeness (QED) is 0.643. The third-order valence-corrected chi connectivity index (χ3v) is 4.22. The van der Waals surface area contributed by atoms with E-state index < -0.39 is 0 Å². The second-order valence-corrected chi connectivity index (χ2v) is 5.60. The highest BCUT2D eigenvalue weighted by Crippen LogP contribution is 2.39. The van der Waals surface area contributed by atoms with Crippen LogP contribution in [-0.2, 0) is 0 Å². The number of hydrogen-bond donors (Lipinski definition) is 1. The fourth-order valence-corrected chi connectivity index (χ4v) is 3.00. The molecule has 1 aromatic rings. The maximum absolute atomic E-state index is 8.70. The average molecular weight is 289 g/mol. The normalized spacial score (nSPS) is 13.7. The Morgan fingerprint density at radius 3 is 2.56 bits per heavy atom. The zero-order chi connectivity index (χ0) is 12.8. The van der Waals surface area contributed by atoms with E-state index in [-0.39, 0.29) is 6.61 Å². The van der Waals surface area contributed by atoms with Crippen LogP contribution in [0.25, 0.3) is 0 Å². The van der Waals surface area contributed by atoms with E-state index in [0.717, 1.165) is 41.4 Å². The van der Waals surface area contributed by atoms with E-state index in [9.17, 15) is 0 Å².